The van der Waals surface area contributed by atoms with E-state index < -0.39 is 11.9 Å². The Morgan fingerprint density at radius 1 is 1.18 bits per heavy atom. The summed E-state index contributed by atoms with van der Waals surface area (Å²) >= 11 is 12.4. The maximum absolute atomic E-state index is 12.6. The Bertz CT molecular complexity index is 1010. The molecule has 1 aliphatic rings. The molecular formula is C19H13ClN2O4S2. The minimum atomic E-state index is -1.05. The van der Waals surface area contributed by atoms with E-state index in [9.17, 15) is 14.4 Å². The third kappa shape index (κ3) is 4.59. The van der Waals surface area contributed by atoms with Crippen LogP contribution in [0.5, 0.6) is 0 Å². The van der Waals surface area contributed by atoms with Gasteiger partial charge in [-0.25, -0.2) is 4.79 Å². The van der Waals surface area contributed by atoms with E-state index in [-0.39, 0.29) is 22.3 Å². The number of thioether (sulfide) groups is 1. The number of benzene rings is 2. The van der Waals surface area contributed by atoms with Crippen molar-refractivity contribution in [3.8, 4) is 0 Å². The summed E-state index contributed by atoms with van der Waals surface area (Å²) in [6.45, 7) is -0.245. The van der Waals surface area contributed by atoms with E-state index in [1.54, 1.807) is 24.3 Å². The lowest BCUT2D eigenvalue weighted by molar-refractivity contribution is -0.126. The lowest BCUT2D eigenvalue weighted by atomic mass is 10.2. The van der Waals surface area contributed by atoms with Crippen LogP contribution >= 0.6 is 35.6 Å². The second kappa shape index (κ2) is 8.55. The molecule has 9 heteroatoms. The molecule has 0 atom stereocenters. The van der Waals surface area contributed by atoms with Crippen molar-refractivity contribution >= 4 is 69.4 Å². The summed E-state index contributed by atoms with van der Waals surface area (Å²) in [4.78, 5) is 37.3. The Morgan fingerprint density at radius 2 is 1.86 bits per heavy atom. The summed E-state index contributed by atoms with van der Waals surface area (Å²) < 4.78 is 0.277. The van der Waals surface area contributed by atoms with Gasteiger partial charge in [0.05, 0.1) is 10.5 Å². The first-order valence-corrected chi connectivity index (χ1v) is 9.58. The zero-order valence-corrected chi connectivity index (χ0v) is 16.6. The Hall–Kier alpha value is -2.68. The molecule has 1 heterocycles. The van der Waals surface area contributed by atoms with Crippen molar-refractivity contribution in [2.75, 3.05) is 11.9 Å². The number of nitrogens with zero attached hydrogens (tertiary/aromatic N) is 1. The highest BCUT2D eigenvalue weighted by atomic mass is 35.5. The molecule has 3 rings (SSSR count). The van der Waals surface area contributed by atoms with E-state index in [0.29, 0.717) is 21.2 Å². The van der Waals surface area contributed by atoms with Gasteiger partial charge in [-0.3, -0.25) is 14.5 Å². The van der Waals surface area contributed by atoms with Gasteiger partial charge in [-0.15, -0.1) is 0 Å². The number of amides is 2. The number of hydrogen-bond donors (Lipinski definition) is 2. The molecule has 0 aliphatic carbocycles. The number of halogens is 1. The number of hydrogen-bond acceptors (Lipinski definition) is 5. The van der Waals surface area contributed by atoms with Gasteiger partial charge in [0.1, 0.15) is 10.9 Å². The van der Waals surface area contributed by atoms with E-state index in [4.69, 9.17) is 28.9 Å². The summed E-state index contributed by atoms with van der Waals surface area (Å²) in [6, 6.07) is 12.8. The molecule has 0 spiro atoms. The van der Waals surface area contributed by atoms with Gasteiger partial charge in [0, 0.05) is 10.7 Å². The largest absolute Gasteiger partial charge is 0.478 e. The zero-order valence-electron chi connectivity index (χ0n) is 14.2. The molecule has 1 saturated heterocycles. The van der Waals surface area contributed by atoms with Crippen LogP contribution in [0.3, 0.4) is 0 Å². The number of thiocarbonyl (C=S) groups is 1. The average Bonchev–Trinajstić information content (AvgIpc) is 2.91. The number of anilines is 1. The van der Waals surface area contributed by atoms with Crippen molar-refractivity contribution in [3.63, 3.8) is 0 Å². The van der Waals surface area contributed by atoms with Crippen LogP contribution in [-0.4, -0.2) is 38.7 Å². The van der Waals surface area contributed by atoms with Crippen LogP contribution in [0.4, 0.5) is 5.69 Å². The fourth-order valence-electron chi connectivity index (χ4n) is 2.41. The molecule has 142 valence electrons. The summed E-state index contributed by atoms with van der Waals surface area (Å²) in [6.07, 6.45) is 1.64. The lowest BCUT2D eigenvalue weighted by Gasteiger charge is -2.14. The Balaban J connectivity index is 1.68. The Morgan fingerprint density at radius 3 is 2.50 bits per heavy atom. The molecule has 2 aromatic carbocycles. The zero-order chi connectivity index (χ0) is 20.3. The van der Waals surface area contributed by atoms with E-state index in [1.165, 1.54) is 29.2 Å². The van der Waals surface area contributed by atoms with Crippen LogP contribution in [0.25, 0.3) is 6.08 Å². The number of carboxylic acid groups (broad SMARTS) is 1. The summed E-state index contributed by atoms with van der Waals surface area (Å²) in [5, 5.41) is 12.0. The topological polar surface area (TPSA) is 86.7 Å². The molecule has 0 saturated carbocycles. The maximum Gasteiger partial charge on any atom is 0.335 e. The van der Waals surface area contributed by atoms with Crippen LogP contribution in [0.1, 0.15) is 15.9 Å². The molecule has 2 N–H and O–H groups in total. The number of rotatable bonds is 5. The number of nitrogens with one attached hydrogen (secondary N) is 1. The molecule has 28 heavy (non-hydrogen) atoms. The second-order valence-electron chi connectivity index (χ2n) is 5.72. The van der Waals surface area contributed by atoms with Crippen molar-refractivity contribution in [1.82, 2.24) is 4.90 Å². The minimum absolute atomic E-state index is 0.111. The number of carbonyl (C=O) groups is 3. The number of carbonyl (C=O) groups excluding carboxylic acids is 2. The van der Waals surface area contributed by atoms with E-state index in [2.05, 4.69) is 5.32 Å². The maximum atomic E-state index is 12.6. The minimum Gasteiger partial charge on any atom is -0.478 e. The van der Waals surface area contributed by atoms with Crippen molar-refractivity contribution in [1.29, 1.82) is 0 Å². The Kier molecular flexibility index (Phi) is 6.13. The molecule has 0 unspecified atom stereocenters. The van der Waals surface area contributed by atoms with Crippen LogP contribution in [0, 0.1) is 0 Å². The summed E-state index contributed by atoms with van der Waals surface area (Å²) in [5.41, 5.74) is 1.22. The van der Waals surface area contributed by atoms with Crippen molar-refractivity contribution in [2.45, 2.75) is 0 Å². The molecule has 6 nitrogen and oxygen atoms in total. The van der Waals surface area contributed by atoms with Gasteiger partial charge in [0.15, 0.2) is 0 Å². The van der Waals surface area contributed by atoms with Crippen molar-refractivity contribution in [3.05, 3.63) is 69.6 Å². The smallest absolute Gasteiger partial charge is 0.335 e. The fraction of sp³-hybridized carbons (Fsp3) is 0.0526. The summed E-state index contributed by atoms with van der Waals surface area (Å²) in [5.74, 6) is -1.87. The molecule has 0 bridgehead atoms. The SMILES string of the molecule is O=C(CN1C(=O)C(=Cc2ccccc2Cl)SC1=S)Nc1ccc(C(=O)O)cc1. The highest BCUT2D eigenvalue weighted by Gasteiger charge is 2.33. The first-order valence-electron chi connectivity index (χ1n) is 7.98. The third-order valence-electron chi connectivity index (χ3n) is 3.78. The van der Waals surface area contributed by atoms with Gasteiger partial charge in [0.25, 0.3) is 5.91 Å². The van der Waals surface area contributed by atoms with Crippen LogP contribution in [-0.2, 0) is 9.59 Å². The quantitative estimate of drug-likeness (QED) is 0.550. The van der Waals surface area contributed by atoms with Crippen molar-refractivity contribution < 1.29 is 19.5 Å². The Labute approximate surface area is 175 Å². The normalized spacial score (nSPS) is 15.2. The van der Waals surface area contributed by atoms with E-state index >= 15 is 0 Å². The molecule has 0 aromatic heterocycles. The third-order valence-corrected chi connectivity index (χ3v) is 5.50. The van der Waals surface area contributed by atoms with E-state index in [1.807, 2.05) is 6.07 Å². The molecule has 1 fully saturated rings. The monoisotopic (exact) mass is 432 g/mol. The van der Waals surface area contributed by atoms with Crippen LogP contribution < -0.4 is 5.32 Å². The fourth-order valence-corrected chi connectivity index (χ4v) is 3.85. The average molecular weight is 433 g/mol. The molecule has 0 radical (unpaired) electrons. The van der Waals surface area contributed by atoms with Crippen molar-refractivity contribution in [2.24, 2.45) is 0 Å². The van der Waals surface area contributed by atoms with Gasteiger partial charge in [-0.05, 0) is 42.0 Å². The molecular weight excluding hydrogens is 420 g/mol. The predicted molar refractivity (Wildman–Crippen MR) is 113 cm³/mol. The number of aromatic carboxylic acids is 1. The first kappa shape index (κ1) is 20.1. The standard InChI is InChI=1S/C19H13ClN2O4S2/c20-14-4-2-1-3-12(14)9-15-17(24)22(19(27)28-15)10-16(23)21-13-7-5-11(6-8-13)18(25)26/h1-9H,10H2,(H,21,23)(H,25,26). The lowest BCUT2D eigenvalue weighted by Crippen LogP contribution is -2.36. The molecule has 2 aromatic rings. The van der Waals surface area contributed by atoms with Crippen LogP contribution in [0.2, 0.25) is 5.02 Å². The molecule has 1 aliphatic heterocycles. The van der Waals surface area contributed by atoms with Crippen LogP contribution in [0.15, 0.2) is 53.4 Å². The van der Waals surface area contributed by atoms with E-state index in [0.717, 1.165) is 11.8 Å². The predicted octanol–water partition coefficient (Wildman–Crippen LogP) is 3.88. The summed E-state index contributed by atoms with van der Waals surface area (Å²) in [7, 11) is 0. The van der Waals surface area contributed by atoms with Gasteiger partial charge >= 0.3 is 5.97 Å². The van der Waals surface area contributed by atoms with Gasteiger partial charge in [-0.2, -0.15) is 0 Å². The molecule has 2 amide bonds. The first-order chi connectivity index (χ1) is 13.3. The highest BCUT2D eigenvalue weighted by molar-refractivity contribution is 8.26. The van der Waals surface area contributed by atoms with Gasteiger partial charge < -0.3 is 10.4 Å². The number of carboxylic acids is 1. The van der Waals surface area contributed by atoms with Gasteiger partial charge in [-0.1, -0.05) is 53.8 Å². The highest BCUT2D eigenvalue weighted by Crippen LogP contribution is 2.33. The second-order valence-corrected chi connectivity index (χ2v) is 7.80. The van der Waals surface area contributed by atoms with Gasteiger partial charge in [0.2, 0.25) is 5.91 Å².